The molecule has 4 rings (SSSR count). The van der Waals surface area contributed by atoms with Crippen LogP contribution in [0.1, 0.15) is 20.3 Å². The molecule has 0 atom stereocenters. The third-order valence-corrected chi connectivity index (χ3v) is 5.86. The third-order valence-electron chi connectivity index (χ3n) is 4.90. The summed E-state index contributed by atoms with van der Waals surface area (Å²) in [4.78, 5) is 43.0. The lowest BCUT2D eigenvalue weighted by atomic mass is 10.1. The molecule has 154 valence electrons. The molecule has 8 heteroatoms. The molecule has 0 bridgehead atoms. The van der Waals surface area contributed by atoms with Crippen molar-refractivity contribution >= 4 is 43.5 Å². The fourth-order valence-corrected chi connectivity index (χ4v) is 4.22. The molecule has 30 heavy (non-hydrogen) atoms. The maximum absolute atomic E-state index is 13.1. The van der Waals surface area contributed by atoms with E-state index in [0.29, 0.717) is 34.9 Å². The molecule has 0 spiro atoms. The lowest BCUT2D eigenvalue weighted by Gasteiger charge is -2.14. The van der Waals surface area contributed by atoms with Crippen molar-refractivity contribution < 1.29 is 4.79 Å². The summed E-state index contributed by atoms with van der Waals surface area (Å²) in [6.07, 6.45) is 0.700. The van der Waals surface area contributed by atoms with Crippen LogP contribution in [0.2, 0.25) is 0 Å². The molecule has 0 aliphatic carbocycles. The molecule has 4 aromatic rings. The van der Waals surface area contributed by atoms with E-state index in [4.69, 9.17) is 0 Å². The van der Waals surface area contributed by atoms with Crippen molar-refractivity contribution in [2.45, 2.75) is 33.4 Å². The van der Waals surface area contributed by atoms with Gasteiger partial charge in [0.25, 0.3) is 5.56 Å². The number of aromatic nitrogens is 3. The number of nitrogens with one attached hydrogen (secondary N) is 1. The summed E-state index contributed by atoms with van der Waals surface area (Å²) in [5.41, 5.74) is 0.466. The minimum atomic E-state index is -0.473. The van der Waals surface area contributed by atoms with Crippen molar-refractivity contribution in [2.24, 2.45) is 5.92 Å². The highest BCUT2D eigenvalue weighted by atomic mass is 32.1. The molecule has 0 saturated heterocycles. The smallest absolute Gasteiger partial charge is 0.300 e. The van der Waals surface area contributed by atoms with Crippen LogP contribution in [0.25, 0.3) is 21.1 Å². The first kappa shape index (κ1) is 20.0. The van der Waals surface area contributed by atoms with Gasteiger partial charge in [-0.05, 0) is 36.6 Å². The van der Waals surface area contributed by atoms with Gasteiger partial charge in [-0.2, -0.15) is 0 Å². The summed E-state index contributed by atoms with van der Waals surface area (Å²) in [5.74, 6) is -0.0195. The van der Waals surface area contributed by atoms with E-state index in [9.17, 15) is 14.4 Å². The highest BCUT2D eigenvalue weighted by Gasteiger charge is 2.16. The number of hydrogen-bond donors (Lipinski definition) is 1. The SMILES string of the molecule is CC(C)CCn1c(=O)c2ccccc2n(CC(=O)Nc2nc3ccccc3s2)c1=O. The number of carbonyl (C=O) groups is 1. The Kier molecular flexibility index (Phi) is 5.50. The van der Waals surface area contributed by atoms with Crippen LogP contribution in [0.3, 0.4) is 0 Å². The monoisotopic (exact) mass is 422 g/mol. The number of amides is 1. The van der Waals surface area contributed by atoms with E-state index in [1.807, 2.05) is 38.1 Å². The summed E-state index contributed by atoms with van der Waals surface area (Å²) in [6.45, 7) is 4.20. The Bertz CT molecular complexity index is 1320. The average Bonchev–Trinajstić information content (AvgIpc) is 3.13. The standard InChI is InChI=1S/C22H22N4O3S/c1-14(2)11-12-25-20(28)15-7-3-5-9-17(15)26(22(25)29)13-19(27)24-21-23-16-8-4-6-10-18(16)30-21/h3-10,14H,11-13H2,1-2H3,(H,23,24,27). The van der Waals surface area contributed by atoms with Gasteiger partial charge in [-0.1, -0.05) is 49.4 Å². The molecule has 0 aliphatic rings. The van der Waals surface area contributed by atoms with Crippen molar-refractivity contribution in [3.63, 3.8) is 0 Å². The Balaban J connectivity index is 1.69. The summed E-state index contributed by atoms with van der Waals surface area (Å²) in [6, 6.07) is 14.5. The molecule has 0 saturated carbocycles. The van der Waals surface area contributed by atoms with Gasteiger partial charge in [-0.25, -0.2) is 9.78 Å². The normalized spacial score (nSPS) is 11.4. The minimum Gasteiger partial charge on any atom is -0.300 e. The third kappa shape index (κ3) is 3.91. The van der Waals surface area contributed by atoms with Crippen LogP contribution in [0, 0.1) is 5.92 Å². The van der Waals surface area contributed by atoms with Crippen LogP contribution in [0.15, 0.2) is 58.1 Å². The van der Waals surface area contributed by atoms with E-state index < -0.39 is 5.69 Å². The lowest BCUT2D eigenvalue weighted by Crippen LogP contribution is -2.42. The van der Waals surface area contributed by atoms with Crippen LogP contribution < -0.4 is 16.6 Å². The van der Waals surface area contributed by atoms with Gasteiger partial charge >= 0.3 is 5.69 Å². The Morgan fingerprint density at radius 2 is 1.80 bits per heavy atom. The summed E-state index contributed by atoms with van der Waals surface area (Å²) in [5, 5.41) is 3.68. The zero-order chi connectivity index (χ0) is 21.3. The number of hydrogen-bond acceptors (Lipinski definition) is 5. The first-order valence-corrected chi connectivity index (χ1v) is 10.6. The van der Waals surface area contributed by atoms with Gasteiger partial charge in [-0.3, -0.25) is 18.7 Å². The van der Waals surface area contributed by atoms with Crippen LogP contribution >= 0.6 is 11.3 Å². The molecule has 2 aromatic heterocycles. The molecule has 7 nitrogen and oxygen atoms in total. The number of carbonyl (C=O) groups excluding carboxylic acids is 1. The molecule has 0 radical (unpaired) electrons. The van der Waals surface area contributed by atoms with Crippen LogP contribution in [-0.4, -0.2) is 20.0 Å². The Hall–Kier alpha value is -3.26. The van der Waals surface area contributed by atoms with Crippen molar-refractivity contribution in [1.29, 1.82) is 0 Å². The van der Waals surface area contributed by atoms with Gasteiger partial charge in [0.2, 0.25) is 5.91 Å². The largest absolute Gasteiger partial charge is 0.331 e. The molecule has 0 aliphatic heterocycles. The van der Waals surface area contributed by atoms with Crippen molar-refractivity contribution in [1.82, 2.24) is 14.1 Å². The minimum absolute atomic E-state index is 0.197. The second-order valence-electron chi connectivity index (χ2n) is 7.56. The van der Waals surface area contributed by atoms with Crippen LogP contribution in [0.5, 0.6) is 0 Å². The number of benzene rings is 2. The zero-order valence-electron chi connectivity index (χ0n) is 16.8. The maximum atomic E-state index is 13.1. The van der Waals surface area contributed by atoms with E-state index in [-0.39, 0.29) is 18.0 Å². The van der Waals surface area contributed by atoms with Gasteiger partial charge in [0, 0.05) is 6.54 Å². The quantitative estimate of drug-likeness (QED) is 0.516. The number of anilines is 1. The highest BCUT2D eigenvalue weighted by molar-refractivity contribution is 7.22. The Morgan fingerprint density at radius 1 is 1.07 bits per heavy atom. The predicted molar refractivity (Wildman–Crippen MR) is 120 cm³/mol. The number of nitrogens with zero attached hydrogens (tertiary/aromatic N) is 3. The van der Waals surface area contributed by atoms with E-state index in [1.54, 1.807) is 24.3 Å². The highest BCUT2D eigenvalue weighted by Crippen LogP contribution is 2.25. The van der Waals surface area contributed by atoms with Gasteiger partial charge in [0.05, 0.1) is 21.1 Å². The fourth-order valence-electron chi connectivity index (χ4n) is 3.34. The van der Waals surface area contributed by atoms with Gasteiger partial charge in [0.15, 0.2) is 5.13 Å². The zero-order valence-corrected chi connectivity index (χ0v) is 17.6. The lowest BCUT2D eigenvalue weighted by molar-refractivity contribution is -0.116. The molecular weight excluding hydrogens is 400 g/mol. The average molecular weight is 423 g/mol. The molecule has 2 aromatic carbocycles. The predicted octanol–water partition coefficient (Wildman–Crippen LogP) is 3.46. The molecule has 1 amide bonds. The number of fused-ring (bicyclic) bond motifs is 2. The van der Waals surface area contributed by atoms with Crippen LogP contribution in [-0.2, 0) is 17.9 Å². The maximum Gasteiger partial charge on any atom is 0.331 e. The van der Waals surface area contributed by atoms with Crippen molar-refractivity contribution in [3.05, 3.63) is 69.4 Å². The van der Waals surface area contributed by atoms with E-state index in [0.717, 1.165) is 10.2 Å². The summed E-state index contributed by atoms with van der Waals surface area (Å²) >= 11 is 1.38. The Morgan fingerprint density at radius 3 is 2.57 bits per heavy atom. The number of para-hydroxylation sites is 2. The summed E-state index contributed by atoms with van der Waals surface area (Å²) in [7, 11) is 0. The molecule has 0 unspecified atom stereocenters. The topological polar surface area (TPSA) is 86.0 Å². The molecule has 1 N–H and O–H groups in total. The Labute approximate surface area is 176 Å². The molecule has 2 heterocycles. The van der Waals surface area contributed by atoms with Crippen molar-refractivity contribution in [2.75, 3.05) is 5.32 Å². The first-order chi connectivity index (χ1) is 14.4. The van der Waals surface area contributed by atoms with E-state index in [1.165, 1.54) is 20.5 Å². The first-order valence-electron chi connectivity index (χ1n) is 9.82. The second-order valence-corrected chi connectivity index (χ2v) is 8.59. The fraction of sp³-hybridized carbons (Fsp3) is 0.273. The summed E-state index contributed by atoms with van der Waals surface area (Å²) < 4.78 is 3.56. The van der Waals surface area contributed by atoms with Gasteiger partial charge in [0.1, 0.15) is 6.54 Å². The molecular formula is C22H22N4O3S. The molecule has 0 fully saturated rings. The second kappa shape index (κ2) is 8.23. The van der Waals surface area contributed by atoms with Crippen molar-refractivity contribution in [3.8, 4) is 0 Å². The van der Waals surface area contributed by atoms with E-state index in [2.05, 4.69) is 10.3 Å². The number of thiazole rings is 1. The van der Waals surface area contributed by atoms with Gasteiger partial charge < -0.3 is 5.32 Å². The van der Waals surface area contributed by atoms with Crippen LogP contribution in [0.4, 0.5) is 5.13 Å². The number of rotatable bonds is 6. The van der Waals surface area contributed by atoms with E-state index >= 15 is 0 Å². The van der Waals surface area contributed by atoms with Gasteiger partial charge in [-0.15, -0.1) is 0 Å².